The third-order valence-corrected chi connectivity index (χ3v) is 3.64. The van der Waals surface area contributed by atoms with Crippen LogP contribution in [0.15, 0.2) is 41.8 Å². The Labute approximate surface area is 114 Å². The number of rotatable bonds is 2. The molecule has 0 radical (unpaired) electrons. The molecule has 1 aromatic carbocycles. The van der Waals surface area contributed by atoms with Gasteiger partial charge in [0.1, 0.15) is 5.15 Å². The van der Waals surface area contributed by atoms with E-state index in [9.17, 15) is 0 Å². The summed E-state index contributed by atoms with van der Waals surface area (Å²) < 4.78 is 0. The second kappa shape index (κ2) is 4.88. The first kappa shape index (κ1) is 11.4. The molecule has 88 valence electrons. The number of hydrogen-bond acceptors (Lipinski definition) is 3. The molecule has 0 aliphatic rings. The summed E-state index contributed by atoms with van der Waals surface area (Å²) in [6.45, 7) is 0. The van der Waals surface area contributed by atoms with Crippen molar-refractivity contribution in [2.75, 3.05) is 0 Å². The molecule has 0 saturated carbocycles. The van der Waals surface area contributed by atoms with Crippen LogP contribution in [-0.4, -0.2) is 9.97 Å². The average molecular weight is 273 g/mol. The molecule has 0 saturated heterocycles. The minimum atomic E-state index is 0.492. The lowest BCUT2D eigenvalue weighted by Crippen LogP contribution is -1.89. The van der Waals surface area contributed by atoms with Crippen molar-refractivity contribution in [1.82, 2.24) is 9.97 Å². The quantitative estimate of drug-likeness (QED) is 0.641. The van der Waals surface area contributed by atoms with Gasteiger partial charge in [0.05, 0.1) is 5.52 Å². The molecule has 0 atom stereocenters. The van der Waals surface area contributed by atoms with Crippen molar-refractivity contribution in [2.45, 2.75) is 0 Å². The highest BCUT2D eigenvalue weighted by molar-refractivity contribution is 7.10. The van der Waals surface area contributed by atoms with E-state index in [1.165, 1.54) is 4.88 Å². The molecule has 3 aromatic rings. The van der Waals surface area contributed by atoms with Gasteiger partial charge in [-0.1, -0.05) is 29.8 Å². The number of hydrogen-bond donors (Lipinski definition) is 0. The summed E-state index contributed by atoms with van der Waals surface area (Å²) >= 11 is 7.82. The van der Waals surface area contributed by atoms with Gasteiger partial charge in [0.15, 0.2) is 5.82 Å². The topological polar surface area (TPSA) is 25.8 Å². The van der Waals surface area contributed by atoms with Crippen LogP contribution in [0.3, 0.4) is 0 Å². The number of fused-ring (bicyclic) bond motifs is 1. The highest BCUT2D eigenvalue weighted by Crippen LogP contribution is 2.20. The Morgan fingerprint density at radius 3 is 2.72 bits per heavy atom. The number of benzene rings is 1. The molecule has 0 N–H and O–H groups in total. The summed E-state index contributed by atoms with van der Waals surface area (Å²) in [7, 11) is 0. The standard InChI is InChI=1S/C14H9ClN2S/c15-14-11-5-1-2-6-12(11)16-13(17-14)8-7-10-4-3-9-18-10/h1-9H. The van der Waals surface area contributed by atoms with Gasteiger partial charge in [0.25, 0.3) is 0 Å². The van der Waals surface area contributed by atoms with Crippen LogP contribution in [-0.2, 0) is 0 Å². The second-order valence-corrected chi connectivity index (χ2v) is 5.08. The lowest BCUT2D eigenvalue weighted by atomic mass is 10.2. The fraction of sp³-hybridized carbons (Fsp3) is 0. The fourth-order valence-electron chi connectivity index (χ4n) is 1.67. The summed E-state index contributed by atoms with van der Waals surface area (Å²) in [5.41, 5.74) is 0.864. The predicted octanol–water partition coefficient (Wildman–Crippen LogP) is 4.52. The highest BCUT2D eigenvalue weighted by Gasteiger charge is 2.02. The van der Waals surface area contributed by atoms with Gasteiger partial charge in [-0.05, 0) is 35.7 Å². The number of halogens is 1. The van der Waals surface area contributed by atoms with Crippen molar-refractivity contribution in [3.63, 3.8) is 0 Å². The van der Waals surface area contributed by atoms with E-state index in [1.807, 2.05) is 53.9 Å². The molecular formula is C14H9ClN2S. The van der Waals surface area contributed by atoms with Gasteiger partial charge >= 0.3 is 0 Å². The van der Waals surface area contributed by atoms with Crippen LogP contribution in [0.25, 0.3) is 23.1 Å². The van der Waals surface area contributed by atoms with Gasteiger partial charge in [-0.15, -0.1) is 11.3 Å². The molecule has 0 spiro atoms. The Bertz CT molecular complexity index is 705. The van der Waals surface area contributed by atoms with Gasteiger partial charge in [-0.3, -0.25) is 0 Å². The summed E-state index contributed by atoms with van der Waals surface area (Å²) in [6.07, 6.45) is 3.87. The van der Waals surface area contributed by atoms with Crippen molar-refractivity contribution in [3.05, 3.63) is 57.6 Å². The molecule has 0 fully saturated rings. The lowest BCUT2D eigenvalue weighted by molar-refractivity contribution is 1.19. The Kier molecular flexibility index (Phi) is 3.09. The maximum Gasteiger partial charge on any atom is 0.154 e. The van der Waals surface area contributed by atoms with E-state index in [-0.39, 0.29) is 0 Å². The molecule has 18 heavy (non-hydrogen) atoms. The van der Waals surface area contributed by atoms with E-state index < -0.39 is 0 Å². The van der Waals surface area contributed by atoms with Crippen LogP contribution in [0, 0.1) is 0 Å². The van der Waals surface area contributed by atoms with Crippen LogP contribution in [0.1, 0.15) is 10.7 Å². The molecular weight excluding hydrogens is 264 g/mol. The average Bonchev–Trinajstić information content (AvgIpc) is 2.90. The number of thiophene rings is 1. The summed E-state index contributed by atoms with van der Waals surface area (Å²) in [5.74, 6) is 0.632. The highest BCUT2D eigenvalue weighted by atomic mass is 35.5. The molecule has 0 aliphatic heterocycles. The van der Waals surface area contributed by atoms with Crippen LogP contribution in [0.4, 0.5) is 0 Å². The Morgan fingerprint density at radius 2 is 1.89 bits per heavy atom. The van der Waals surface area contributed by atoms with Crippen molar-refractivity contribution < 1.29 is 0 Å². The molecule has 2 nitrogen and oxygen atoms in total. The summed E-state index contributed by atoms with van der Waals surface area (Å²) in [4.78, 5) is 9.90. The third-order valence-electron chi connectivity index (χ3n) is 2.51. The van der Waals surface area contributed by atoms with Crippen LogP contribution in [0.2, 0.25) is 5.15 Å². The first-order valence-corrected chi connectivity index (χ1v) is 6.72. The first-order valence-electron chi connectivity index (χ1n) is 5.47. The zero-order chi connectivity index (χ0) is 12.4. The molecule has 4 heteroatoms. The zero-order valence-electron chi connectivity index (χ0n) is 9.38. The minimum Gasteiger partial charge on any atom is -0.229 e. The zero-order valence-corrected chi connectivity index (χ0v) is 10.9. The Hall–Kier alpha value is -1.71. The van der Waals surface area contributed by atoms with Crippen LogP contribution >= 0.6 is 22.9 Å². The molecule has 0 amide bonds. The van der Waals surface area contributed by atoms with E-state index in [4.69, 9.17) is 11.6 Å². The predicted molar refractivity (Wildman–Crippen MR) is 77.8 cm³/mol. The molecule has 3 rings (SSSR count). The van der Waals surface area contributed by atoms with Crippen molar-refractivity contribution in [2.24, 2.45) is 0 Å². The second-order valence-electron chi connectivity index (χ2n) is 3.74. The largest absolute Gasteiger partial charge is 0.229 e. The Morgan fingerprint density at radius 1 is 1.00 bits per heavy atom. The number of aromatic nitrogens is 2. The van der Waals surface area contributed by atoms with E-state index in [2.05, 4.69) is 9.97 Å². The maximum atomic E-state index is 6.14. The number of nitrogens with zero attached hydrogens (tertiary/aromatic N) is 2. The maximum absolute atomic E-state index is 6.14. The van der Waals surface area contributed by atoms with E-state index in [1.54, 1.807) is 11.3 Å². The molecule has 2 aromatic heterocycles. The molecule has 0 unspecified atom stereocenters. The number of para-hydroxylation sites is 1. The molecule has 0 bridgehead atoms. The third kappa shape index (κ3) is 2.28. The summed E-state index contributed by atoms with van der Waals surface area (Å²) in [6, 6.07) is 11.8. The van der Waals surface area contributed by atoms with E-state index >= 15 is 0 Å². The van der Waals surface area contributed by atoms with Crippen molar-refractivity contribution >= 4 is 46.0 Å². The van der Waals surface area contributed by atoms with Gasteiger partial charge in [-0.25, -0.2) is 9.97 Å². The van der Waals surface area contributed by atoms with E-state index in [0.717, 1.165) is 10.9 Å². The van der Waals surface area contributed by atoms with Crippen LogP contribution < -0.4 is 0 Å². The van der Waals surface area contributed by atoms with Crippen LogP contribution in [0.5, 0.6) is 0 Å². The van der Waals surface area contributed by atoms with Gasteiger partial charge in [0.2, 0.25) is 0 Å². The normalized spacial score (nSPS) is 11.4. The van der Waals surface area contributed by atoms with Gasteiger partial charge in [-0.2, -0.15) is 0 Å². The molecule has 2 heterocycles. The monoisotopic (exact) mass is 272 g/mol. The van der Waals surface area contributed by atoms with Gasteiger partial charge < -0.3 is 0 Å². The SMILES string of the molecule is Clc1nc(C=Cc2cccs2)nc2ccccc12. The first-order chi connectivity index (χ1) is 8.83. The smallest absolute Gasteiger partial charge is 0.154 e. The van der Waals surface area contributed by atoms with Crippen molar-refractivity contribution in [3.8, 4) is 0 Å². The lowest BCUT2D eigenvalue weighted by Gasteiger charge is -2.00. The minimum absolute atomic E-state index is 0.492. The van der Waals surface area contributed by atoms with Crippen molar-refractivity contribution in [1.29, 1.82) is 0 Å². The van der Waals surface area contributed by atoms with Gasteiger partial charge in [0, 0.05) is 10.3 Å². The van der Waals surface area contributed by atoms with E-state index in [0.29, 0.717) is 11.0 Å². The Balaban J connectivity index is 2.03. The summed E-state index contributed by atoms with van der Waals surface area (Å²) in [5, 5.41) is 3.41. The molecule has 0 aliphatic carbocycles. The fourth-order valence-corrected chi connectivity index (χ4v) is 2.54.